The molecule has 0 radical (unpaired) electrons. The molecule has 1 rings (SSSR count). The molecule has 0 N–H and O–H groups in total. The average molecular weight is 228 g/mol. The second kappa shape index (κ2) is 7.61. The van der Waals surface area contributed by atoms with Crippen LogP contribution in [0, 0.1) is 6.92 Å². The minimum absolute atomic E-state index is 0.866. The Morgan fingerprint density at radius 1 is 1.24 bits per heavy atom. The molecule has 1 nitrogen and oxygen atoms in total. The van der Waals surface area contributed by atoms with Gasteiger partial charge in [0.1, 0.15) is 6.29 Å². The second-order valence-corrected chi connectivity index (χ2v) is 4.23. The molecule has 90 valence electrons. The van der Waals surface area contributed by atoms with Crippen molar-refractivity contribution in [1.82, 2.24) is 0 Å². The van der Waals surface area contributed by atoms with Gasteiger partial charge in [-0.1, -0.05) is 55.3 Å². The third-order valence-corrected chi connectivity index (χ3v) is 2.67. The Morgan fingerprint density at radius 3 is 2.53 bits per heavy atom. The van der Waals surface area contributed by atoms with E-state index in [4.69, 9.17) is 0 Å². The maximum Gasteiger partial charge on any atom is 0.143 e. The monoisotopic (exact) mass is 228 g/mol. The lowest BCUT2D eigenvalue weighted by Gasteiger charge is -1.99. The highest BCUT2D eigenvalue weighted by Crippen LogP contribution is 2.12. The zero-order valence-electron chi connectivity index (χ0n) is 10.6. The number of benzene rings is 1. The van der Waals surface area contributed by atoms with Crippen LogP contribution in [0.15, 0.2) is 42.0 Å². The van der Waals surface area contributed by atoms with Gasteiger partial charge in [-0.25, -0.2) is 0 Å². The zero-order chi connectivity index (χ0) is 12.5. The highest BCUT2D eigenvalue weighted by Gasteiger charge is 1.92. The van der Waals surface area contributed by atoms with Crippen LogP contribution in [0.4, 0.5) is 0 Å². The van der Waals surface area contributed by atoms with Crippen LogP contribution in [0.1, 0.15) is 37.3 Å². The molecule has 0 aliphatic heterocycles. The number of rotatable bonds is 6. The van der Waals surface area contributed by atoms with Crippen molar-refractivity contribution in [3.8, 4) is 0 Å². The molecule has 0 atom stereocenters. The topological polar surface area (TPSA) is 17.1 Å². The molecule has 17 heavy (non-hydrogen) atoms. The molecule has 1 aromatic rings. The van der Waals surface area contributed by atoms with Gasteiger partial charge in [-0.15, -0.1) is 0 Å². The van der Waals surface area contributed by atoms with Gasteiger partial charge >= 0.3 is 0 Å². The lowest BCUT2D eigenvalue weighted by Crippen LogP contribution is -1.81. The maximum atomic E-state index is 10.5. The quantitative estimate of drug-likeness (QED) is 0.402. The van der Waals surface area contributed by atoms with Gasteiger partial charge in [0.15, 0.2) is 0 Å². The Kier molecular flexibility index (Phi) is 6.02. The van der Waals surface area contributed by atoms with Crippen LogP contribution in [-0.4, -0.2) is 6.29 Å². The van der Waals surface area contributed by atoms with Crippen LogP contribution in [-0.2, 0) is 4.79 Å². The molecule has 0 unspecified atom stereocenters. The van der Waals surface area contributed by atoms with Crippen molar-refractivity contribution in [2.45, 2.75) is 33.1 Å². The molecule has 0 fully saturated rings. The molecule has 0 saturated heterocycles. The lowest BCUT2D eigenvalue weighted by atomic mass is 10.1. The molecule has 0 aliphatic carbocycles. The van der Waals surface area contributed by atoms with E-state index in [-0.39, 0.29) is 0 Å². The van der Waals surface area contributed by atoms with Gasteiger partial charge in [-0.05, 0) is 37.0 Å². The number of allylic oxidation sites excluding steroid dienone is 3. The Balaban J connectivity index is 2.69. The average Bonchev–Trinajstić information content (AvgIpc) is 2.35. The van der Waals surface area contributed by atoms with Crippen LogP contribution >= 0.6 is 0 Å². The van der Waals surface area contributed by atoms with Gasteiger partial charge in [0, 0.05) is 0 Å². The van der Waals surface area contributed by atoms with E-state index in [2.05, 4.69) is 44.2 Å². The fourth-order valence-corrected chi connectivity index (χ4v) is 1.57. The van der Waals surface area contributed by atoms with E-state index in [0.29, 0.717) is 0 Å². The molecule has 0 aromatic heterocycles. The van der Waals surface area contributed by atoms with E-state index in [1.807, 2.05) is 6.08 Å². The van der Waals surface area contributed by atoms with Crippen LogP contribution in [0.25, 0.3) is 6.08 Å². The minimum atomic E-state index is 0.866. The lowest BCUT2D eigenvalue weighted by molar-refractivity contribution is -0.104. The van der Waals surface area contributed by atoms with Gasteiger partial charge in [-0.3, -0.25) is 4.79 Å². The fourth-order valence-electron chi connectivity index (χ4n) is 1.57. The molecular weight excluding hydrogens is 208 g/mol. The number of aryl methyl sites for hydroxylation is 1. The van der Waals surface area contributed by atoms with Gasteiger partial charge in [0.25, 0.3) is 0 Å². The van der Waals surface area contributed by atoms with Crippen molar-refractivity contribution in [1.29, 1.82) is 0 Å². The minimum Gasteiger partial charge on any atom is -0.299 e. The third-order valence-electron chi connectivity index (χ3n) is 2.67. The van der Waals surface area contributed by atoms with E-state index in [1.54, 1.807) is 6.08 Å². The molecule has 1 aromatic carbocycles. The van der Waals surface area contributed by atoms with Crippen LogP contribution in [0.3, 0.4) is 0 Å². The van der Waals surface area contributed by atoms with Crippen LogP contribution in [0.5, 0.6) is 0 Å². The summed E-state index contributed by atoms with van der Waals surface area (Å²) in [4.78, 5) is 10.5. The Labute approximate surface area is 104 Å². The van der Waals surface area contributed by atoms with Crippen LogP contribution < -0.4 is 0 Å². The van der Waals surface area contributed by atoms with Crippen molar-refractivity contribution in [3.63, 3.8) is 0 Å². The Morgan fingerprint density at radius 2 is 1.94 bits per heavy atom. The number of carbonyl (C=O) groups excluding carboxylic acids is 1. The second-order valence-electron chi connectivity index (χ2n) is 4.23. The van der Waals surface area contributed by atoms with E-state index in [0.717, 1.165) is 31.1 Å². The summed E-state index contributed by atoms with van der Waals surface area (Å²) in [5.41, 5.74) is 3.53. The number of unbranched alkanes of at least 4 members (excludes halogenated alkanes) is 1. The first-order valence-electron chi connectivity index (χ1n) is 6.15. The Hall–Kier alpha value is -1.63. The normalized spacial score (nSPS) is 12.0. The van der Waals surface area contributed by atoms with Crippen molar-refractivity contribution in [2.24, 2.45) is 0 Å². The largest absolute Gasteiger partial charge is 0.299 e. The van der Waals surface area contributed by atoms with E-state index in [1.165, 1.54) is 11.1 Å². The summed E-state index contributed by atoms with van der Waals surface area (Å²) in [6.45, 7) is 4.23. The maximum absolute atomic E-state index is 10.5. The summed E-state index contributed by atoms with van der Waals surface area (Å²) < 4.78 is 0. The molecule has 0 spiro atoms. The predicted octanol–water partition coefficient (Wildman–Crippen LogP) is 4.32. The molecule has 0 amide bonds. The van der Waals surface area contributed by atoms with Gasteiger partial charge in [0.05, 0.1) is 0 Å². The highest BCUT2D eigenvalue weighted by molar-refractivity contribution is 5.68. The molecule has 0 aliphatic rings. The van der Waals surface area contributed by atoms with Crippen molar-refractivity contribution in [2.75, 3.05) is 0 Å². The smallest absolute Gasteiger partial charge is 0.143 e. The number of hydrogen-bond donors (Lipinski definition) is 0. The molecule has 0 bridgehead atoms. The number of hydrogen-bond acceptors (Lipinski definition) is 1. The summed E-state index contributed by atoms with van der Waals surface area (Å²) in [6, 6.07) is 8.36. The van der Waals surface area contributed by atoms with Gasteiger partial charge < -0.3 is 0 Å². The standard InChI is InChI=1S/C16H20O/c1-3-4-5-15(12-13-17)10-11-16-8-6-14(2)7-9-16/h6-13H,3-5H2,1-2H3/b11-10+,15-12-. The van der Waals surface area contributed by atoms with Crippen molar-refractivity contribution >= 4 is 12.4 Å². The predicted molar refractivity (Wildman–Crippen MR) is 73.9 cm³/mol. The summed E-state index contributed by atoms with van der Waals surface area (Å²) in [7, 11) is 0. The zero-order valence-corrected chi connectivity index (χ0v) is 10.6. The summed E-state index contributed by atoms with van der Waals surface area (Å²) in [5, 5.41) is 0. The molecule has 0 heterocycles. The third kappa shape index (κ3) is 5.30. The molecule has 0 saturated carbocycles. The SMILES string of the molecule is CCCCC(=C/C=O)/C=C/c1ccc(C)cc1. The number of carbonyl (C=O) groups is 1. The molecular formula is C16H20O. The first-order chi connectivity index (χ1) is 8.26. The first-order valence-corrected chi connectivity index (χ1v) is 6.15. The van der Waals surface area contributed by atoms with Crippen LogP contribution in [0.2, 0.25) is 0 Å². The van der Waals surface area contributed by atoms with Crippen molar-refractivity contribution < 1.29 is 4.79 Å². The van der Waals surface area contributed by atoms with E-state index < -0.39 is 0 Å². The molecule has 1 heteroatoms. The first kappa shape index (κ1) is 13.4. The fraction of sp³-hybridized carbons (Fsp3) is 0.312. The van der Waals surface area contributed by atoms with Gasteiger partial charge in [0.2, 0.25) is 0 Å². The summed E-state index contributed by atoms with van der Waals surface area (Å²) in [5.74, 6) is 0. The highest BCUT2D eigenvalue weighted by atomic mass is 16.1. The van der Waals surface area contributed by atoms with E-state index in [9.17, 15) is 4.79 Å². The number of aldehydes is 1. The van der Waals surface area contributed by atoms with Gasteiger partial charge in [-0.2, -0.15) is 0 Å². The Bertz CT molecular complexity index is 396. The summed E-state index contributed by atoms with van der Waals surface area (Å²) in [6.07, 6.45) is 9.86. The van der Waals surface area contributed by atoms with Crippen molar-refractivity contribution in [3.05, 3.63) is 53.1 Å². The summed E-state index contributed by atoms with van der Waals surface area (Å²) >= 11 is 0. The van der Waals surface area contributed by atoms with E-state index >= 15 is 0 Å².